The summed E-state index contributed by atoms with van der Waals surface area (Å²) in [7, 11) is -0.505. The monoisotopic (exact) mass is 658 g/mol. The molecule has 2 aliphatic heterocycles. The van der Waals surface area contributed by atoms with Crippen LogP contribution in [-0.4, -0.2) is 76.5 Å². The Morgan fingerprint density at radius 1 is 0.913 bits per heavy atom. The number of ketones is 1. The Morgan fingerprint density at radius 3 is 2.15 bits per heavy atom. The Morgan fingerprint density at radius 2 is 1.57 bits per heavy atom. The number of rotatable bonds is 14. The van der Waals surface area contributed by atoms with E-state index in [1.807, 2.05) is 82.3 Å². The number of carbonyl (C=O) groups is 1. The largest absolute Gasteiger partial charge is 0.497 e. The third kappa shape index (κ3) is 9.93. The molecule has 2 fully saturated rings. The molecule has 256 valence electrons. The van der Waals surface area contributed by atoms with E-state index in [1.165, 1.54) is 0 Å². The van der Waals surface area contributed by atoms with Gasteiger partial charge in [-0.1, -0.05) is 63.2 Å². The highest BCUT2D eigenvalue weighted by molar-refractivity contribution is 6.74. The van der Waals surface area contributed by atoms with Gasteiger partial charge in [-0.15, -0.1) is 0 Å². The van der Waals surface area contributed by atoms with Crippen LogP contribution in [0.1, 0.15) is 66.0 Å². The van der Waals surface area contributed by atoms with Crippen LogP contribution in [0, 0.1) is 0 Å². The van der Waals surface area contributed by atoms with Crippen molar-refractivity contribution < 1.29 is 42.4 Å². The van der Waals surface area contributed by atoms with Gasteiger partial charge in [0.1, 0.15) is 30.2 Å². The van der Waals surface area contributed by atoms with E-state index in [-0.39, 0.29) is 30.5 Å². The van der Waals surface area contributed by atoms with Crippen molar-refractivity contribution in [2.24, 2.45) is 0 Å². The summed E-state index contributed by atoms with van der Waals surface area (Å²) in [6.45, 7) is 19.2. The molecule has 0 aromatic heterocycles. The minimum Gasteiger partial charge on any atom is -0.497 e. The number of hydrogen-bond acceptors (Lipinski definition) is 9. The van der Waals surface area contributed by atoms with E-state index in [4.69, 9.17) is 37.6 Å². The second kappa shape index (κ2) is 14.9. The standard InChI is InChI=1S/C36H54O9Si/c1-34(2,3)46(9,10)42-23-27(37)20-29(39-21-25-14-12-11-13-15-25)31-33(40-22-26-16-18-28(38-8)19-17-26)32(45-36(6,7)44-31)30-24-41-35(4,5)43-30/h11-19,29-33H,20-24H2,1-10H3/t29-,30+,31-,32+,33+/m0/s1. The first-order chi connectivity index (χ1) is 21.5. The second-order valence-electron chi connectivity index (χ2n) is 14.7. The molecule has 2 aliphatic rings. The summed E-state index contributed by atoms with van der Waals surface area (Å²) in [5.41, 5.74) is 1.94. The molecule has 0 N–H and O–H groups in total. The third-order valence-electron chi connectivity index (χ3n) is 8.99. The molecule has 0 bridgehead atoms. The van der Waals surface area contributed by atoms with Crippen molar-refractivity contribution in [2.45, 2.75) is 128 Å². The maximum atomic E-state index is 13.6. The van der Waals surface area contributed by atoms with Crippen molar-refractivity contribution in [1.29, 1.82) is 0 Å². The lowest BCUT2D eigenvalue weighted by molar-refractivity contribution is -0.366. The second-order valence-corrected chi connectivity index (χ2v) is 19.5. The van der Waals surface area contributed by atoms with E-state index in [0.29, 0.717) is 13.2 Å². The zero-order valence-corrected chi connectivity index (χ0v) is 30.3. The zero-order valence-electron chi connectivity index (χ0n) is 29.3. The summed E-state index contributed by atoms with van der Waals surface area (Å²) >= 11 is 0. The van der Waals surface area contributed by atoms with E-state index in [2.05, 4.69) is 33.9 Å². The first-order valence-corrected chi connectivity index (χ1v) is 19.1. The van der Waals surface area contributed by atoms with Crippen LogP contribution in [0.5, 0.6) is 5.75 Å². The summed E-state index contributed by atoms with van der Waals surface area (Å²) in [5, 5.41) is -0.0188. The summed E-state index contributed by atoms with van der Waals surface area (Å²) in [6.07, 6.45) is -2.86. The molecule has 5 atom stereocenters. The zero-order chi connectivity index (χ0) is 33.8. The van der Waals surface area contributed by atoms with Gasteiger partial charge in [0, 0.05) is 6.42 Å². The Labute approximate surface area is 276 Å². The van der Waals surface area contributed by atoms with Gasteiger partial charge in [0.15, 0.2) is 25.7 Å². The van der Waals surface area contributed by atoms with Gasteiger partial charge in [-0.2, -0.15) is 0 Å². The van der Waals surface area contributed by atoms with Crippen LogP contribution in [0.25, 0.3) is 0 Å². The van der Waals surface area contributed by atoms with Crippen LogP contribution in [0.15, 0.2) is 54.6 Å². The van der Waals surface area contributed by atoms with Gasteiger partial charge in [-0.05, 0) is 69.1 Å². The molecular formula is C36H54O9Si. The molecular weight excluding hydrogens is 604 g/mol. The average Bonchev–Trinajstić information content (AvgIpc) is 3.36. The van der Waals surface area contributed by atoms with Crippen molar-refractivity contribution in [2.75, 3.05) is 20.3 Å². The number of Topliss-reactive ketones (excluding diaryl/α,β-unsaturated/α-hetero) is 1. The van der Waals surface area contributed by atoms with Gasteiger partial charge in [0.05, 0.1) is 39.6 Å². The lowest BCUT2D eigenvalue weighted by Crippen LogP contribution is -2.63. The highest BCUT2D eigenvalue weighted by Gasteiger charge is 2.53. The van der Waals surface area contributed by atoms with Crippen LogP contribution in [0.3, 0.4) is 0 Å². The molecule has 0 radical (unpaired) electrons. The molecule has 2 aromatic carbocycles. The summed E-state index contributed by atoms with van der Waals surface area (Å²) < 4.78 is 50.3. The van der Waals surface area contributed by atoms with Crippen LogP contribution >= 0.6 is 0 Å². The number of hydrogen-bond donors (Lipinski definition) is 0. The highest BCUT2D eigenvalue weighted by Crippen LogP contribution is 2.39. The van der Waals surface area contributed by atoms with Crippen LogP contribution in [0.4, 0.5) is 0 Å². The SMILES string of the molecule is COc1ccc(CO[C@@H]2[C@H]([C@H](CC(=O)CO[Si](C)(C)C(C)(C)C)OCc3ccccc3)OC(C)(C)O[C@@H]2[C@H]2COC(C)(C)O2)cc1. The normalized spacial score (nSPS) is 25.3. The number of carbonyl (C=O) groups excluding carboxylic acids is 1. The lowest BCUT2D eigenvalue weighted by Gasteiger charge is -2.49. The number of benzene rings is 2. The van der Waals surface area contributed by atoms with Crippen molar-refractivity contribution in [1.82, 2.24) is 0 Å². The summed E-state index contributed by atoms with van der Waals surface area (Å²) in [6, 6.07) is 17.6. The van der Waals surface area contributed by atoms with Crippen molar-refractivity contribution in [3.8, 4) is 5.75 Å². The fourth-order valence-corrected chi connectivity index (χ4v) is 6.32. The van der Waals surface area contributed by atoms with Crippen LogP contribution < -0.4 is 4.74 Å². The average molecular weight is 659 g/mol. The molecule has 0 aliphatic carbocycles. The molecule has 2 heterocycles. The molecule has 2 aromatic rings. The van der Waals surface area contributed by atoms with Gasteiger partial charge >= 0.3 is 0 Å². The molecule has 0 amide bonds. The first kappa shape index (κ1) is 36.7. The molecule has 0 saturated carbocycles. The minimum atomic E-state index is -2.14. The van der Waals surface area contributed by atoms with Gasteiger partial charge in [0.2, 0.25) is 0 Å². The predicted octanol–water partition coefficient (Wildman–Crippen LogP) is 6.82. The van der Waals surface area contributed by atoms with Crippen LogP contribution in [0.2, 0.25) is 18.1 Å². The highest BCUT2D eigenvalue weighted by atomic mass is 28.4. The molecule has 46 heavy (non-hydrogen) atoms. The van der Waals surface area contributed by atoms with Crippen molar-refractivity contribution >= 4 is 14.1 Å². The maximum absolute atomic E-state index is 13.6. The molecule has 2 saturated heterocycles. The quantitative estimate of drug-likeness (QED) is 0.203. The van der Waals surface area contributed by atoms with Gasteiger partial charge in [-0.25, -0.2) is 0 Å². The number of methoxy groups -OCH3 is 1. The maximum Gasteiger partial charge on any atom is 0.192 e. The number of ether oxygens (including phenoxy) is 7. The molecule has 0 spiro atoms. The first-order valence-electron chi connectivity index (χ1n) is 16.2. The fourth-order valence-electron chi connectivity index (χ4n) is 5.37. The van der Waals surface area contributed by atoms with Gasteiger partial charge in [0.25, 0.3) is 0 Å². The summed E-state index contributed by atoms with van der Waals surface area (Å²) in [4.78, 5) is 13.6. The van der Waals surface area contributed by atoms with Gasteiger partial charge in [-0.3, -0.25) is 4.79 Å². The van der Waals surface area contributed by atoms with E-state index >= 15 is 0 Å². The Hall–Kier alpha value is -2.15. The van der Waals surface area contributed by atoms with E-state index in [0.717, 1.165) is 16.9 Å². The van der Waals surface area contributed by atoms with Gasteiger partial charge < -0.3 is 37.6 Å². The third-order valence-corrected chi connectivity index (χ3v) is 13.5. The Balaban J connectivity index is 1.64. The predicted molar refractivity (Wildman–Crippen MR) is 178 cm³/mol. The Kier molecular flexibility index (Phi) is 11.9. The smallest absolute Gasteiger partial charge is 0.192 e. The van der Waals surface area contributed by atoms with Crippen molar-refractivity contribution in [3.63, 3.8) is 0 Å². The topological polar surface area (TPSA) is 90.9 Å². The van der Waals surface area contributed by atoms with Crippen molar-refractivity contribution in [3.05, 3.63) is 65.7 Å². The van der Waals surface area contributed by atoms with E-state index < -0.39 is 50.4 Å². The fraction of sp³-hybridized carbons (Fsp3) is 0.639. The summed E-state index contributed by atoms with van der Waals surface area (Å²) in [5.74, 6) is -1.08. The van der Waals surface area contributed by atoms with E-state index in [9.17, 15) is 4.79 Å². The van der Waals surface area contributed by atoms with E-state index in [1.54, 1.807) is 7.11 Å². The molecule has 4 rings (SSSR count). The van der Waals surface area contributed by atoms with Crippen LogP contribution in [-0.2, 0) is 50.9 Å². The Bertz CT molecular complexity index is 1260. The molecule has 10 heteroatoms. The molecule has 9 nitrogen and oxygen atoms in total. The lowest BCUT2D eigenvalue weighted by atomic mass is 9.93. The molecule has 0 unspecified atom stereocenters. The minimum absolute atomic E-state index is 0.0167.